The minimum Gasteiger partial charge on any atom is -0.406 e. The van der Waals surface area contributed by atoms with Crippen LogP contribution in [0.2, 0.25) is 5.04 Å². The zero-order chi connectivity index (χ0) is 26.6. The van der Waals surface area contributed by atoms with Crippen molar-refractivity contribution >= 4 is 45.4 Å². The summed E-state index contributed by atoms with van der Waals surface area (Å²) in [6, 6.07) is 28.0. The van der Waals surface area contributed by atoms with Crippen LogP contribution in [0.4, 0.5) is 0 Å². The number of alkyl halides is 1. The number of hydrogen-bond acceptors (Lipinski definition) is 4. The van der Waals surface area contributed by atoms with E-state index in [4.69, 9.17) is 4.43 Å². The Hall–Kier alpha value is -1.61. The Labute approximate surface area is 227 Å². The molecule has 36 heavy (non-hydrogen) atoms. The van der Waals surface area contributed by atoms with Crippen molar-refractivity contribution in [2.45, 2.75) is 61.1 Å². The Morgan fingerprint density at radius 2 is 1.36 bits per heavy atom. The smallest absolute Gasteiger partial charge is 0.261 e. The fourth-order valence-electron chi connectivity index (χ4n) is 4.44. The van der Waals surface area contributed by atoms with E-state index in [0.717, 1.165) is 15.9 Å². The van der Waals surface area contributed by atoms with Gasteiger partial charge in [-0.3, -0.25) is 4.21 Å². The van der Waals surface area contributed by atoms with Crippen LogP contribution in [0.1, 0.15) is 33.3 Å². The van der Waals surface area contributed by atoms with Gasteiger partial charge in [0.2, 0.25) is 0 Å². The Morgan fingerprint density at radius 1 is 0.889 bits per heavy atom. The van der Waals surface area contributed by atoms with Gasteiger partial charge in [0.25, 0.3) is 8.32 Å². The van der Waals surface area contributed by atoms with E-state index >= 15 is 0 Å². The van der Waals surface area contributed by atoms with Crippen molar-refractivity contribution in [2.75, 3.05) is 12.4 Å². The number of aliphatic hydroxyl groups excluding tert-OH is 1. The molecule has 0 aliphatic carbocycles. The van der Waals surface area contributed by atoms with E-state index < -0.39 is 35.6 Å². The predicted molar refractivity (Wildman–Crippen MR) is 155 cm³/mol. The lowest BCUT2D eigenvalue weighted by Gasteiger charge is -2.44. The molecule has 0 spiro atoms. The molecule has 3 aromatic rings. The van der Waals surface area contributed by atoms with Gasteiger partial charge in [-0.15, -0.1) is 0 Å². The maximum atomic E-state index is 12.9. The molecule has 1 unspecified atom stereocenters. The van der Waals surface area contributed by atoms with Crippen LogP contribution in [0.5, 0.6) is 0 Å². The Kier molecular flexibility index (Phi) is 9.52. The lowest BCUT2D eigenvalue weighted by molar-refractivity contribution is -0.0557. The third-order valence-corrected chi connectivity index (χ3v) is 14.4. The molecule has 0 heterocycles. The predicted octanol–water partition coefficient (Wildman–Crippen LogP) is 4.55. The van der Waals surface area contributed by atoms with E-state index in [1.165, 1.54) is 0 Å². The highest BCUT2D eigenvalue weighted by molar-refractivity contribution is 9.09. The van der Waals surface area contributed by atoms with E-state index in [-0.39, 0.29) is 17.4 Å². The number of halogens is 1. The lowest BCUT2D eigenvalue weighted by atomic mass is 9.97. The third-order valence-electron chi connectivity index (χ3n) is 6.76. The molecule has 7 heteroatoms. The molecule has 0 amide bonds. The normalized spacial score (nSPS) is 16.7. The average Bonchev–Trinajstić information content (AvgIpc) is 2.85. The highest BCUT2D eigenvalue weighted by Crippen LogP contribution is 2.37. The van der Waals surface area contributed by atoms with Gasteiger partial charge in [-0.05, 0) is 41.4 Å². The molecule has 3 aromatic carbocycles. The summed E-state index contributed by atoms with van der Waals surface area (Å²) in [5, 5.41) is 24.4. The van der Waals surface area contributed by atoms with E-state index in [1.54, 1.807) is 19.1 Å². The first-order chi connectivity index (χ1) is 16.9. The van der Waals surface area contributed by atoms with Crippen molar-refractivity contribution in [3.8, 4) is 0 Å². The highest BCUT2D eigenvalue weighted by Gasteiger charge is 2.51. The van der Waals surface area contributed by atoms with Crippen LogP contribution in [0, 0.1) is 6.92 Å². The summed E-state index contributed by atoms with van der Waals surface area (Å²) in [4.78, 5) is 0.0433. The molecule has 0 fully saturated rings. The standard InChI is InChI=1S/C29H37BrO4SSi/c1-22-16-18-23(19-17-22)35(33)21-27(31)29(5,32)26(30)20-34-36(28(2,3)4,24-12-8-6-9-13-24)25-14-10-7-11-15-25/h6-19,26-27,31-32H,20-21H2,1-5H3/t26-,27+,29+,35?/m0/s1. The van der Waals surface area contributed by atoms with Crippen molar-refractivity contribution in [2.24, 2.45) is 0 Å². The molecule has 0 saturated carbocycles. The number of aliphatic hydroxyl groups is 2. The van der Waals surface area contributed by atoms with Gasteiger partial charge in [0.05, 0.1) is 34.1 Å². The molecule has 0 aliphatic rings. The topological polar surface area (TPSA) is 66.8 Å². The summed E-state index contributed by atoms with van der Waals surface area (Å²) in [6.45, 7) is 10.3. The van der Waals surface area contributed by atoms with Gasteiger partial charge in [-0.1, -0.05) is 115 Å². The van der Waals surface area contributed by atoms with Crippen LogP contribution in [-0.4, -0.2) is 51.6 Å². The van der Waals surface area contributed by atoms with Crippen molar-refractivity contribution in [3.63, 3.8) is 0 Å². The number of rotatable bonds is 10. The molecule has 0 radical (unpaired) electrons. The van der Waals surface area contributed by atoms with Gasteiger partial charge in [-0.25, -0.2) is 0 Å². The quantitative estimate of drug-likeness (QED) is 0.269. The molecule has 0 bridgehead atoms. The third kappa shape index (κ3) is 6.26. The van der Waals surface area contributed by atoms with Gasteiger partial charge in [0.1, 0.15) is 5.60 Å². The molecular weight excluding hydrogens is 552 g/mol. The molecule has 3 rings (SSSR count). The van der Waals surface area contributed by atoms with E-state index in [1.807, 2.05) is 55.5 Å². The molecule has 4 atom stereocenters. The second-order valence-corrected chi connectivity index (χ2v) is 17.4. The molecule has 0 aliphatic heterocycles. The van der Waals surface area contributed by atoms with Crippen LogP contribution in [0.3, 0.4) is 0 Å². The maximum absolute atomic E-state index is 12.9. The Morgan fingerprint density at radius 3 is 1.81 bits per heavy atom. The first kappa shape index (κ1) is 29.0. The summed E-state index contributed by atoms with van der Waals surface area (Å²) in [5.74, 6) is -0.0720. The number of hydrogen-bond donors (Lipinski definition) is 2. The molecule has 0 aromatic heterocycles. The van der Waals surface area contributed by atoms with Crippen molar-refractivity contribution in [1.82, 2.24) is 0 Å². The molecule has 194 valence electrons. The summed E-state index contributed by atoms with van der Waals surface area (Å²) in [6.07, 6.45) is -1.22. The molecular formula is C29H37BrO4SSi. The highest BCUT2D eigenvalue weighted by atomic mass is 79.9. The van der Waals surface area contributed by atoms with E-state index in [0.29, 0.717) is 4.90 Å². The van der Waals surface area contributed by atoms with Gasteiger partial charge < -0.3 is 14.6 Å². The van der Waals surface area contributed by atoms with Gasteiger partial charge in [0, 0.05) is 4.90 Å². The minimum absolute atomic E-state index is 0.0720. The summed E-state index contributed by atoms with van der Waals surface area (Å²) in [5.41, 5.74) is -0.490. The van der Waals surface area contributed by atoms with Crippen LogP contribution < -0.4 is 10.4 Å². The fourth-order valence-corrected chi connectivity index (χ4v) is 10.9. The summed E-state index contributed by atoms with van der Waals surface area (Å²) >= 11 is 3.61. The van der Waals surface area contributed by atoms with E-state index in [9.17, 15) is 14.4 Å². The fraction of sp³-hybridized carbons (Fsp3) is 0.379. The van der Waals surface area contributed by atoms with Crippen molar-refractivity contribution in [3.05, 3.63) is 90.5 Å². The van der Waals surface area contributed by atoms with Crippen molar-refractivity contribution < 1.29 is 18.8 Å². The van der Waals surface area contributed by atoms with Crippen LogP contribution in [0.25, 0.3) is 0 Å². The zero-order valence-corrected chi connectivity index (χ0v) is 25.1. The maximum Gasteiger partial charge on any atom is 0.261 e. The Balaban J connectivity index is 1.85. The lowest BCUT2D eigenvalue weighted by Crippen LogP contribution is -2.67. The van der Waals surface area contributed by atoms with Crippen LogP contribution in [0.15, 0.2) is 89.8 Å². The monoisotopic (exact) mass is 588 g/mol. The van der Waals surface area contributed by atoms with E-state index in [2.05, 4.69) is 61.0 Å². The summed E-state index contributed by atoms with van der Waals surface area (Å²) in [7, 11) is -4.24. The number of benzene rings is 3. The van der Waals surface area contributed by atoms with Crippen LogP contribution >= 0.6 is 15.9 Å². The Bertz CT molecular complexity index is 1090. The first-order valence-electron chi connectivity index (χ1n) is 12.1. The zero-order valence-electron chi connectivity index (χ0n) is 21.6. The van der Waals surface area contributed by atoms with Gasteiger partial charge in [0.15, 0.2) is 0 Å². The van der Waals surface area contributed by atoms with Crippen LogP contribution in [-0.2, 0) is 15.2 Å². The average molecular weight is 590 g/mol. The number of aryl methyl sites for hydroxylation is 1. The molecule has 0 saturated heterocycles. The first-order valence-corrected chi connectivity index (χ1v) is 16.3. The van der Waals surface area contributed by atoms with Gasteiger partial charge >= 0.3 is 0 Å². The largest absolute Gasteiger partial charge is 0.406 e. The summed E-state index contributed by atoms with van der Waals surface area (Å²) < 4.78 is 19.8. The molecule has 2 N–H and O–H groups in total. The van der Waals surface area contributed by atoms with Crippen molar-refractivity contribution in [1.29, 1.82) is 0 Å². The molecule has 4 nitrogen and oxygen atoms in total. The second kappa shape index (κ2) is 11.8. The minimum atomic E-state index is -2.80. The second-order valence-electron chi connectivity index (χ2n) is 10.5. The van der Waals surface area contributed by atoms with Gasteiger partial charge in [-0.2, -0.15) is 0 Å². The SMILES string of the molecule is Cc1ccc(S(=O)C[C@@H](O)[C@](C)(O)[C@@H](Br)CO[Si](c2ccccc2)(c2ccccc2)C(C)(C)C)cc1.